The normalized spacial score (nSPS) is 21.8. The quantitative estimate of drug-likeness (QED) is 0.889. The van der Waals surface area contributed by atoms with Gasteiger partial charge in [-0.15, -0.1) is 5.10 Å². The molecule has 2 heterocycles. The molecule has 1 N–H and O–H groups in total. The van der Waals surface area contributed by atoms with E-state index < -0.39 is 6.10 Å². The van der Waals surface area contributed by atoms with Crippen LogP contribution in [0.1, 0.15) is 11.8 Å². The number of rotatable bonds is 3. The molecule has 0 bridgehead atoms. The zero-order valence-electron chi connectivity index (χ0n) is 11.4. The minimum atomic E-state index is -0.743. The second-order valence-corrected chi connectivity index (χ2v) is 5.02. The SMILES string of the molecule is CN1CCOC(C(O)c2cnnn2-c2ccccc2)C1. The molecule has 0 radical (unpaired) electrons. The van der Waals surface area contributed by atoms with E-state index in [1.165, 1.54) is 0 Å². The summed E-state index contributed by atoms with van der Waals surface area (Å²) in [6.07, 6.45) is 0.595. The fourth-order valence-corrected chi connectivity index (χ4v) is 2.41. The number of para-hydroxylation sites is 1. The monoisotopic (exact) mass is 274 g/mol. The van der Waals surface area contributed by atoms with Crippen LogP contribution in [-0.4, -0.2) is 57.8 Å². The van der Waals surface area contributed by atoms with Crippen molar-refractivity contribution in [1.29, 1.82) is 0 Å². The van der Waals surface area contributed by atoms with Gasteiger partial charge in [-0.25, -0.2) is 4.68 Å². The lowest BCUT2D eigenvalue weighted by Gasteiger charge is -2.32. The first-order chi connectivity index (χ1) is 9.75. The van der Waals surface area contributed by atoms with E-state index in [1.54, 1.807) is 10.9 Å². The Bertz CT molecular complexity index is 557. The van der Waals surface area contributed by atoms with Gasteiger partial charge in [0.25, 0.3) is 0 Å². The molecular formula is C14H18N4O2. The van der Waals surface area contributed by atoms with Gasteiger partial charge in [0.15, 0.2) is 0 Å². The lowest BCUT2D eigenvalue weighted by atomic mass is 10.1. The van der Waals surface area contributed by atoms with E-state index in [0.717, 1.165) is 12.2 Å². The Morgan fingerprint density at radius 1 is 1.35 bits per heavy atom. The number of hydrogen-bond acceptors (Lipinski definition) is 5. The summed E-state index contributed by atoms with van der Waals surface area (Å²) < 4.78 is 7.32. The Morgan fingerprint density at radius 2 is 2.15 bits per heavy atom. The minimum Gasteiger partial charge on any atom is -0.384 e. The van der Waals surface area contributed by atoms with E-state index in [9.17, 15) is 5.11 Å². The molecule has 1 aliphatic rings. The van der Waals surface area contributed by atoms with Crippen molar-refractivity contribution < 1.29 is 9.84 Å². The molecule has 1 saturated heterocycles. The highest BCUT2D eigenvalue weighted by Crippen LogP contribution is 2.23. The molecule has 0 spiro atoms. The molecular weight excluding hydrogens is 256 g/mol. The van der Waals surface area contributed by atoms with Crippen molar-refractivity contribution >= 4 is 0 Å². The van der Waals surface area contributed by atoms with Crippen LogP contribution in [0.5, 0.6) is 0 Å². The molecule has 3 rings (SSSR count). The number of nitrogens with zero attached hydrogens (tertiary/aromatic N) is 4. The van der Waals surface area contributed by atoms with Crippen molar-refractivity contribution in [1.82, 2.24) is 19.9 Å². The van der Waals surface area contributed by atoms with E-state index in [2.05, 4.69) is 15.2 Å². The van der Waals surface area contributed by atoms with Gasteiger partial charge in [-0.3, -0.25) is 0 Å². The Labute approximate surface area is 117 Å². The van der Waals surface area contributed by atoms with Gasteiger partial charge in [0.1, 0.15) is 12.2 Å². The highest BCUT2D eigenvalue weighted by molar-refractivity contribution is 5.32. The smallest absolute Gasteiger partial charge is 0.125 e. The molecule has 0 amide bonds. The summed E-state index contributed by atoms with van der Waals surface area (Å²) in [6, 6.07) is 9.66. The first-order valence-corrected chi connectivity index (χ1v) is 6.70. The first-order valence-electron chi connectivity index (χ1n) is 6.70. The zero-order chi connectivity index (χ0) is 13.9. The fourth-order valence-electron chi connectivity index (χ4n) is 2.41. The molecule has 0 saturated carbocycles. The van der Waals surface area contributed by atoms with E-state index in [4.69, 9.17) is 4.74 Å². The summed E-state index contributed by atoms with van der Waals surface area (Å²) in [5, 5.41) is 18.5. The van der Waals surface area contributed by atoms with Crippen LogP contribution in [0.15, 0.2) is 36.5 Å². The largest absolute Gasteiger partial charge is 0.384 e. The third-order valence-electron chi connectivity index (χ3n) is 3.53. The van der Waals surface area contributed by atoms with Crippen molar-refractivity contribution in [2.45, 2.75) is 12.2 Å². The number of aliphatic hydroxyl groups excluding tert-OH is 1. The zero-order valence-corrected chi connectivity index (χ0v) is 11.4. The molecule has 6 nitrogen and oxygen atoms in total. The van der Waals surface area contributed by atoms with Gasteiger partial charge in [-0.1, -0.05) is 23.4 Å². The Kier molecular flexibility index (Phi) is 3.77. The summed E-state index contributed by atoms with van der Waals surface area (Å²) >= 11 is 0. The standard InChI is InChI=1S/C14H18N4O2/c1-17-7-8-20-13(10-17)14(19)12-9-15-16-18(12)11-5-3-2-4-6-11/h2-6,9,13-14,19H,7-8,10H2,1H3. The number of aromatic nitrogens is 3. The third-order valence-corrected chi connectivity index (χ3v) is 3.53. The third kappa shape index (κ3) is 2.58. The van der Waals surface area contributed by atoms with Crippen LogP contribution in [0, 0.1) is 0 Å². The molecule has 106 valence electrons. The predicted molar refractivity (Wildman–Crippen MR) is 73.6 cm³/mol. The van der Waals surface area contributed by atoms with Crippen LogP contribution in [0.4, 0.5) is 0 Å². The molecule has 2 atom stereocenters. The summed E-state index contributed by atoms with van der Waals surface area (Å²) in [6.45, 7) is 2.21. The maximum absolute atomic E-state index is 10.5. The minimum absolute atomic E-state index is 0.255. The van der Waals surface area contributed by atoms with Crippen molar-refractivity contribution in [3.8, 4) is 5.69 Å². The van der Waals surface area contributed by atoms with E-state index in [1.807, 2.05) is 37.4 Å². The lowest BCUT2D eigenvalue weighted by Crippen LogP contribution is -2.43. The highest BCUT2D eigenvalue weighted by atomic mass is 16.5. The van der Waals surface area contributed by atoms with E-state index in [-0.39, 0.29) is 6.10 Å². The molecule has 1 aromatic carbocycles. The van der Waals surface area contributed by atoms with Crippen LogP contribution in [0.2, 0.25) is 0 Å². The van der Waals surface area contributed by atoms with E-state index >= 15 is 0 Å². The molecule has 1 aromatic heterocycles. The molecule has 0 aliphatic carbocycles. The van der Waals surface area contributed by atoms with Gasteiger partial charge in [0, 0.05) is 13.1 Å². The van der Waals surface area contributed by atoms with Crippen molar-refractivity contribution in [2.24, 2.45) is 0 Å². The summed E-state index contributed by atoms with van der Waals surface area (Å²) in [4.78, 5) is 2.15. The maximum Gasteiger partial charge on any atom is 0.125 e. The number of benzene rings is 1. The van der Waals surface area contributed by atoms with Crippen LogP contribution in [0.25, 0.3) is 5.69 Å². The second-order valence-electron chi connectivity index (χ2n) is 5.02. The van der Waals surface area contributed by atoms with Crippen LogP contribution < -0.4 is 0 Å². The fraction of sp³-hybridized carbons (Fsp3) is 0.429. The average molecular weight is 274 g/mol. The van der Waals surface area contributed by atoms with Gasteiger partial charge in [0.2, 0.25) is 0 Å². The number of hydrogen-bond donors (Lipinski definition) is 1. The van der Waals surface area contributed by atoms with Crippen molar-refractivity contribution in [3.63, 3.8) is 0 Å². The average Bonchev–Trinajstić information content (AvgIpc) is 2.97. The molecule has 1 aliphatic heterocycles. The molecule has 6 heteroatoms. The Hall–Kier alpha value is -1.76. The van der Waals surface area contributed by atoms with Gasteiger partial charge in [-0.05, 0) is 19.2 Å². The molecule has 2 aromatic rings. The summed E-state index contributed by atoms with van der Waals surface area (Å²) in [5.74, 6) is 0. The van der Waals surface area contributed by atoms with Crippen molar-refractivity contribution in [3.05, 3.63) is 42.2 Å². The van der Waals surface area contributed by atoms with Crippen molar-refractivity contribution in [2.75, 3.05) is 26.7 Å². The highest BCUT2D eigenvalue weighted by Gasteiger charge is 2.29. The number of morpholine rings is 1. The summed E-state index contributed by atoms with van der Waals surface area (Å²) in [7, 11) is 2.02. The lowest BCUT2D eigenvalue weighted by molar-refractivity contribution is -0.0863. The Morgan fingerprint density at radius 3 is 2.90 bits per heavy atom. The number of aliphatic hydroxyl groups is 1. The van der Waals surface area contributed by atoms with E-state index in [0.29, 0.717) is 18.8 Å². The van der Waals surface area contributed by atoms with Crippen LogP contribution in [0.3, 0.4) is 0 Å². The first kappa shape index (κ1) is 13.2. The van der Waals surface area contributed by atoms with Gasteiger partial charge < -0.3 is 14.7 Å². The van der Waals surface area contributed by atoms with Gasteiger partial charge in [0.05, 0.1) is 24.2 Å². The Balaban J connectivity index is 1.86. The summed E-state index contributed by atoms with van der Waals surface area (Å²) in [5.41, 5.74) is 1.53. The van der Waals surface area contributed by atoms with Gasteiger partial charge in [-0.2, -0.15) is 0 Å². The topological polar surface area (TPSA) is 63.4 Å². The van der Waals surface area contributed by atoms with Crippen LogP contribution >= 0.6 is 0 Å². The molecule has 2 unspecified atom stereocenters. The predicted octanol–water partition coefficient (Wildman–Crippen LogP) is 0.631. The molecule has 20 heavy (non-hydrogen) atoms. The van der Waals surface area contributed by atoms with Crippen LogP contribution in [-0.2, 0) is 4.74 Å². The van der Waals surface area contributed by atoms with Gasteiger partial charge >= 0.3 is 0 Å². The number of likely N-dealkylation sites (N-methyl/N-ethyl adjacent to an activating group) is 1. The second kappa shape index (κ2) is 5.70. The maximum atomic E-state index is 10.5. The number of ether oxygens (including phenoxy) is 1. The molecule has 1 fully saturated rings.